The molecule has 1 fully saturated rings. The van der Waals surface area contributed by atoms with Gasteiger partial charge in [-0.1, -0.05) is 6.07 Å². The average molecular weight is 296 g/mol. The van der Waals surface area contributed by atoms with Crippen LogP contribution in [0, 0.1) is 5.82 Å². The highest BCUT2D eigenvalue weighted by atomic mass is 19.1. The van der Waals surface area contributed by atoms with Gasteiger partial charge in [0.1, 0.15) is 11.6 Å². The maximum Gasteiger partial charge on any atom is 0.126 e. The molecule has 118 valence electrons. The lowest BCUT2D eigenvalue weighted by Gasteiger charge is -2.32. The molecule has 1 saturated heterocycles. The van der Waals surface area contributed by atoms with Crippen molar-refractivity contribution in [1.82, 2.24) is 10.2 Å². The van der Waals surface area contributed by atoms with Crippen molar-refractivity contribution in [2.45, 2.75) is 31.8 Å². The molecule has 1 aromatic rings. The second-order valence-electron chi connectivity index (χ2n) is 5.66. The summed E-state index contributed by atoms with van der Waals surface area (Å²) in [7, 11) is 1.69. The predicted octanol–water partition coefficient (Wildman–Crippen LogP) is 2.29. The fourth-order valence-electron chi connectivity index (χ4n) is 2.91. The molecule has 0 amide bonds. The molecule has 1 aromatic carbocycles. The molecule has 0 saturated carbocycles. The van der Waals surface area contributed by atoms with Crippen LogP contribution in [-0.2, 0) is 4.74 Å². The number of nitrogens with zero attached hydrogens (tertiary/aromatic N) is 1. The lowest BCUT2D eigenvalue weighted by Crippen LogP contribution is -2.40. The predicted molar refractivity (Wildman–Crippen MR) is 81.0 cm³/mol. The SMILES string of the molecule is COCCN(CC1CCCN1)C(C)c1ccc(F)cc1O. The van der Waals surface area contributed by atoms with Crippen LogP contribution in [0.15, 0.2) is 18.2 Å². The van der Waals surface area contributed by atoms with E-state index < -0.39 is 5.82 Å². The van der Waals surface area contributed by atoms with E-state index in [0.717, 1.165) is 25.2 Å². The molecule has 0 spiro atoms. The molecular weight excluding hydrogens is 271 g/mol. The molecule has 1 heterocycles. The fraction of sp³-hybridized carbons (Fsp3) is 0.625. The van der Waals surface area contributed by atoms with Gasteiger partial charge in [-0.2, -0.15) is 0 Å². The van der Waals surface area contributed by atoms with E-state index in [1.165, 1.54) is 25.0 Å². The van der Waals surface area contributed by atoms with Gasteiger partial charge in [-0.15, -0.1) is 0 Å². The summed E-state index contributed by atoms with van der Waals surface area (Å²) in [6.45, 7) is 5.43. The van der Waals surface area contributed by atoms with Crippen LogP contribution in [0.1, 0.15) is 31.4 Å². The molecule has 2 N–H and O–H groups in total. The molecule has 5 heteroatoms. The van der Waals surface area contributed by atoms with Gasteiger partial charge in [-0.25, -0.2) is 4.39 Å². The number of hydrogen-bond donors (Lipinski definition) is 2. The van der Waals surface area contributed by atoms with Crippen molar-refractivity contribution in [3.63, 3.8) is 0 Å². The van der Waals surface area contributed by atoms with E-state index in [-0.39, 0.29) is 11.8 Å². The van der Waals surface area contributed by atoms with E-state index in [4.69, 9.17) is 4.74 Å². The van der Waals surface area contributed by atoms with Gasteiger partial charge < -0.3 is 15.2 Å². The maximum atomic E-state index is 13.1. The molecule has 0 aromatic heterocycles. The molecule has 2 atom stereocenters. The Hall–Kier alpha value is -1.17. The third kappa shape index (κ3) is 4.40. The molecule has 4 nitrogen and oxygen atoms in total. The zero-order chi connectivity index (χ0) is 15.2. The average Bonchev–Trinajstić information content (AvgIpc) is 2.95. The van der Waals surface area contributed by atoms with Gasteiger partial charge in [0.15, 0.2) is 0 Å². The number of halogens is 1. The van der Waals surface area contributed by atoms with Crippen molar-refractivity contribution in [3.05, 3.63) is 29.6 Å². The van der Waals surface area contributed by atoms with Crippen molar-refractivity contribution in [3.8, 4) is 5.75 Å². The first kappa shape index (κ1) is 16.2. The number of methoxy groups -OCH3 is 1. The highest BCUT2D eigenvalue weighted by molar-refractivity contribution is 5.35. The van der Waals surface area contributed by atoms with Gasteiger partial charge in [-0.05, 0) is 32.4 Å². The van der Waals surface area contributed by atoms with Crippen molar-refractivity contribution < 1.29 is 14.2 Å². The first-order chi connectivity index (χ1) is 10.1. The zero-order valence-electron chi connectivity index (χ0n) is 12.8. The van der Waals surface area contributed by atoms with Crippen molar-refractivity contribution in [1.29, 1.82) is 0 Å². The van der Waals surface area contributed by atoms with E-state index >= 15 is 0 Å². The van der Waals surface area contributed by atoms with Gasteiger partial charge in [-0.3, -0.25) is 4.90 Å². The minimum atomic E-state index is -0.413. The second kappa shape index (κ2) is 7.73. The summed E-state index contributed by atoms with van der Waals surface area (Å²) >= 11 is 0. The lowest BCUT2D eigenvalue weighted by molar-refractivity contribution is 0.117. The van der Waals surface area contributed by atoms with Gasteiger partial charge in [0.2, 0.25) is 0 Å². The third-order valence-corrected chi connectivity index (χ3v) is 4.19. The van der Waals surface area contributed by atoms with Crippen LogP contribution in [0.4, 0.5) is 4.39 Å². The maximum absolute atomic E-state index is 13.1. The number of nitrogens with one attached hydrogen (secondary N) is 1. The Morgan fingerprint density at radius 3 is 2.95 bits per heavy atom. The van der Waals surface area contributed by atoms with Gasteiger partial charge >= 0.3 is 0 Å². The summed E-state index contributed by atoms with van der Waals surface area (Å²) in [5, 5.41) is 13.5. The van der Waals surface area contributed by atoms with Gasteiger partial charge in [0.05, 0.1) is 6.61 Å². The summed E-state index contributed by atoms with van der Waals surface area (Å²) < 4.78 is 18.3. The van der Waals surface area contributed by atoms with E-state index in [1.54, 1.807) is 13.2 Å². The Kier molecular flexibility index (Phi) is 5.96. The summed E-state index contributed by atoms with van der Waals surface area (Å²) in [6, 6.07) is 4.73. The molecule has 2 unspecified atom stereocenters. The smallest absolute Gasteiger partial charge is 0.126 e. The Morgan fingerprint density at radius 1 is 1.52 bits per heavy atom. The van der Waals surface area contributed by atoms with Crippen LogP contribution >= 0.6 is 0 Å². The number of phenols is 1. The normalized spacial score (nSPS) is 20.1. The molecule has 0 radical (unpaired) electrons. The van der Waals surface area contributed by atoms with Crippen molar-refractivity contribution >= 4 is 0 Å². The summed E-state index contributed by atoms with van der Waals surface area (Å²) in [6.07, 6.45) is 2.38. The number of ether oxygens (including phenoxy) is 1. The Bertz CT molecular complexity index is 450. The Morgan fingerprint density at radius 2 is 2.33 bits per heavy atom. The number of phenolic OH excluding ortho intramolecular Hbond substituents is 1. The lowest BCUT2D eigenvalue weighted by atomic mass is 10.0. The quantitative estimate of drug-likeness (QED) is 0.810. The van der Waals surface area contributed by atoms with Crippen molar-refractivity contribution in [2.75, 3.05) is 33.4 Å². The van der Waals surface area contributed by atoms with Gasteiger partial charge in [0.25, 0.3) is 0 Å². The van der Waals surface area contributed by atoms with E-state index in [9.17, 15) is 9.50 Å². The Balaban J connectivity index is 2.09. The number of hydrogen-bond acceptors (Lipinski definition) is 4. The van der Waals surface area contributed by atoms with Crippen LogP contribution in [-0.4, -0.2) is 49.4 Å². The first-order valence-electron chi connectivity index (χ1n) is 7.56. The molecule has 1 aliphatic rings. The van der Waals surface area contributed by atoms with Crippen LogP contribution in [0.5, 0.6) is 5.75 Å². The monoisotopic (exact) mass is 296 g/mol. The highest BCUT2D eigenvalue weighted by Crippen LogP contribution is 2.29. The van der Waals surface area contributed by atoms with Crippen LogP contribution < -0.4 is 5.32 Å². The van der Waals surface area contributed by atoms with E-state index in [2.05, 4.69) is 10.2 Å². The minimum absolute atomic E-state index is 0.0168. The number of aromatic hydroxyl groups is 1. The summed E-state index contributed by atoms with van der Waals surface area (Å²) in [5.74, 6) is -0.395. The largest absolute Gasteiger partial charge is 0.508 e. The zero-order valence-corrected chi connectivity index (χ0v) is 12.8. The highest BCUT2D eigenvalue weighted by Gasteiger charge is 2.23. The fourth-order valence-corrected chi connectivity index (χ4v) is 2.91. The summed E-state index contributed by atoms with van der Waals surface area (Å²) in [5.41, 5.74) is 0.755. The molecule has 0 aliphatic carbocycles. The number of rotatable bonds is 7. The van der Waals surface area contributed by atoms with Crippen LogP contribution in [0.3, 0.4) is 0 Å². The molecule has 21 heavy (non-hydrogen) atoms. The van der Waals surface area contributed by atoms with E-state index in [0.29, 0.717) is 12.6 Å². The molecule has 2 rings (SSSR count). The number of benzene rings is 1. The Labute approximate surface area is 125 Å². The van der Waals surface area contributed by atoms with Gasteiger partial charge in [0, 0.05) is 43.9 Å². The standard InChI is InChI=1S/C16H25FN2O2/c1-12(15-6-5-13(17)10-16(15)20)19(8-9-21-2)11-14-4-3-7-18-14/h5-6,10,12,14,18,20H,3-4,7-9,11H2,1-2H3. The first-order valence-corrected chi connectivity index (χ1v) is 7.56. The molecule has 0 bridgehead atoms. The van der Waals surface area contributed by atoms with Crippen LogP contribution in [0.2, 0.25) is 0 Å². The molecular formula is C16H25FN2O2. The third-order valence-electron chi connectivity index (χ3n) is 4.19. The minimum Gasteiger partial charge on any atom is -0.508 e. The van der Waals surface area contributed by atoms with Crippen molar-refractivity contribution in [2.24, 2.45) is 0 Å². The molecule has 1 aliphatic heterocycles. The van der Waals surface area contributed by atoms with E-state index in [1.807, 2.05) is 6.92 Å². The topological polar surface area (TPSA) is 44.7 Å². The second-order valence-corrected chi connectivity index (χ2v) is 5.66. The van der Waals surface area contributed by atoms with Crippen LogP contribution in [0.25, 0.3) is 0 Å². The summed E-state index contributed by atoms with van der Waals surface area (Å²) in [4.78, 5) is 2.28.